The van der Waals surface area contributed by atoms with E-state index in [4.69, 9.17) is 0 Å². The summed E-state index contributed by atoms with van der Waals surface area (Å²) in [5.41, 5.74) is 1.95. The van der Waals surface area contributed by atoms with Gasteiger partial charge in [0.2, 0.25) is 5.91 Å². The second kappa shape index (κ2) is 6.60. The molecule has 5 heteroatoms. The van der Waals surface area contributed by atoms with Crippen LogP contribution >= 0.6 is 15.9 Å². The van der Waals surface area contributed by atoms with E-state index in [1.807, 2.05) is 39.0 Å². The summed E-state index contributed by atoms with van der Waals surface area (Å²) in [6.45, 7) is 6.00. The molecule has 2 amide bonds. The van der Waals surface area contributed by atoms with Gasteiger partial charge in [-0.25, -0.2) is 0 Å². The third-order valence-electron chi connectivity index (χ3n) is 4.01. The molecular formula is C16H21BrN2O2. The molecule has 0 radical (unpaired) electrons. The van der Waals surface area contributed by atoms with Crippen molar-refractivity contribution in [1.29, 1.82) is 0 Å². The number of amides is 2. The first-order chi connectivity index (χ1) is 9.97. The minimum Gasteiger partial charge on any atom is -0.373 e. The maximum absolute atomic E-state index is 12.5. The fourth-order valence-corrected chi connectivity index (χ4v) is 3.25. The van der Waals surface area contributed by atoms with E-state index in [2.05, 4.69) is 21.2 Å². The quantitative estimate of drug-likeness (QED) is 0.825. The van der Waals surface area contributed by atoms with Gasteiger partial charge in [0.25, 0.3) is 5.91 Å². The van der Waals surface area contributed by atoms with Crippen molar-refractivity contribution in [2.45, 2.75) is 52.1 Å². The minimum absolute atomic E-state index is 0.0165. The Balaban J connectivity index is 2.15. The van der Waals surface area contributed by atoms with Crippen molar-refractivity contribution in [1.82, 2.24) is 4.90 Å². The standard InChI is InChI=1S/C16H21BrN2O2/c1-4-12(5-2)19-15(20)9-14(16(19)21)18-13-7-6-11(17)8-10(13)3/h6-8,12,14,18H,4-5,9H2,1-3H3. The van der Waals surface area contributed by atoms with E-state index < -0.39 is 6.04 Å². The largest absolute Gasteiger partial charge is 0.373 e. The van der Waals surface area contributed by atoms with Crippen LogP contribution in [-0.4, -0.2) is 28.8 Å². The molecule has 0 saturated carbocycles. The Bertz CT molecular complexity index is 555. The monoisotopic (exact) mass is 352 g/mol. The lowest BCUT2D eigenvalue weighted by Gasteiger charge is -2.24. The fourth-order valence-electron chi connectivity index (χ4n) is 2.78. The number of likely N-dealkylation sites (tertiary alicyclic amines) is 1. The third kappa shape index (κ3) is 3.28. The molecule has 0 bridgehead atoms. The Labute approximate surface area is 134 Å². The summed E-state index contributed by atoms with van der Waals surface area (Å²) in [6.07, 6.45) is 1.85. The maximum atomic E-state index is 12.5. The summed E-state index contributed by atoms with van der Waals surface area (Å²) in [5, 5.41) is 3.22. The SMILES string of the molecule is CCC(CC)N1C(=O)CC(Nc2ccc(Br)cc2C)C1=O. The Morgan fingerprint density at radius 1 is 1.33 bits per heavy atom. The zero-order chi connectivity index (χ0) is 15.6. The molecular weight excluding hydrogens is 332 g/mol. The van der Waals surface area contributed by atoms with Gasteiger partial charge in [-0.15, -0.1) is 0 Å². The molecule has 0 spiro atoms. The van der Waals surface area contributed by atoms with Gasteiger partial charge in [-0.3, -0.25) is 14.5 Å². The van der Waals surface area contributed by atoms with Crippen molar-refractivity contribution in [2.24, 2.45) is 0 Å². The van der Waals surface area contributed by atoms with E-state index in [0.29, 0.717) is 0 Å². The molecule has 0 aromatic heterocycles. The summed E-state index contributed by atoms with van der Waals surface area (Å²) in [4.78, 5) is 26.1. The normalized spacial score (nSPS) is 18.7. The van der Waals surface area contributed by atoms with Gasteiger partial charge >= 0.3 is 0 Å². The first-order valence-corrected chi connectivity index (χ1v) is 8.15. The van der Waals surface area contributed by atoms with Gasteiger partial charge in [-0.05, 0) is 43.5 Å². The number of hydrogen-bond donors (Lipinski definition) is 1. The topological polar surface area (TPSA) is 49.4 Å². The number of halogens is 1. The second-order valence-corrected chi connectivity index (χ2v) is 6.35. The summed E-state index contributed by atoms with van der Waals surface area (Å²) in [5.74, 6) is -0.169. The smallest absolute Gasteiger partial charge is 0.252 e. The van der Waals surface area contributed by atoms with Crippen LogP contribution in [0.2, 0.25) is 0 Å². The molecule has 4 nitrogen and oxygen atoms in total. The number of nitrogens with one attached hydrogen (secondary N) is 1. The molecule has 1 aliphatic heterocycles. The molecule has 1 heterocycles. The van der Waals surface area contributed by atoms with Crippen molar-refractivity contribution in [3.63, 3.8) is 0 Å². The first-order valence-electron chi connectivity index (χ1n) is 7.36. The Hall–Kier alpha value is -1.36. The van der Waals surface area contributed by atoms with E-state index in [1.54, 1.807) is 0 Å². The van der Waals surface area contributed by atoms with E-state index in [9.17, 15) is 9.59 Å². The number of anilines is 1. The van der Waals surface area contributed by atoms with Crippen LogP contribution in [0.3, 0.4) is 0 Å². The number of carbonyl (C=O) groups is 2. The number of hydrogen-bond acceptors (Lipinski definition) is 3. The van der Waals surface area contributed by atoms with Gasteiger partial charge in [0.05, 0.1) is 6.42 Å². The maximum Gasteiger partial charge on any atom is 0.252 e. The Morgan fingerprint density at radius 2 is 2.00 bits per heavy atom. The van der Waals surface area contributed by atoms with Crippen LogP contribution in [0.25, 0.3) is 0 Å². The van der Waals surface area contributed by atoms with Gasteiger partial charge in [-0.2, -0.15) is 0 Å². The van der Waals surface area contributed by atoms with Gasteiger partial charge in [0.15, 0.2) is 0 Å². The van der Waals surface area contributed by atoms with Crippen LogP contribution in [0.1, 0.15) is 38.7 Å². The van der Waals surface area contributed by atoms with Crippen LogP contribution < -0.4 is 5.32 Å². The highest BCUT2D eigenvalue weighted by molar-refractivity contribution is 9.10. The van der Waals surface area contributed by atoms with E-state index in [0.717, 1.165) is 28.6 Å². The average molecular weight is 353 g/mol. The number of aryl methyl sites for hydroxylation is 1. The van der Waals surface area contributed by atoms with Crippen molar-refractivity contribution in [3.8, 4) is 0 Å². The Kier molecular flexibility index (Phi) is 5.04. The van der Waals surface area contributed by atoms with Crippen LogP contribution in [0.15, 0.2) is 22.7 Å². The lowest BCUT2D eigenvalue weighted by Crippen LogP contribution is -2.41. The lowest BCUT2D eigenvalue weighted by atomic mass is 10.1. The average Bonchev–Trinajstić information content (AvgIpc) is 2.71. The second-order valence-electron chi connectivity index (χ2n) is 5.43. The summed E-state index contributed by atoms with van der Waals surface area (Å²) in [7, 11) is 0. The molecule has 1 aromatic rings. The molecule has 1 aromatic carbocycles. The number of nitrogens with zero attached hydrogens (tertiary/aromatic N) is 1. The van der Waals surface area contributed by atoms with E-state index >= 15 is 0 Å². The van der Waals surface area contributed by atoms with Gasteiger partial charge in [0.1, 0.15) is 6.04 Å². The molecule has 2 rings (SSSR count). The van der Waals surface area contributed by atoms with Crippen molar-refractivity contribution in [2.75, 3.05) is 5.32 Å². The number of carbonyl (C=O) groups excluding carboxylic acids is 2. The number of imide groups is 1. The molecule has 21 heavy (non-hydrogen) atoms. The molecule has 1 aliphatic rings. The van der Waals surface area contributed by atoms with Crippen LogP contribution in [0.4, 0.5) is 5.69 Å². The van der Waals surface area contributed by atoms with Crippen LogP contribution in [0.5, 0.6) is 0 Å². The lowest BCUT2D eigenvalue weighted by molar-refractivity contribution is -0.141. The molecule has 1 unspecified atom stereocenters. The highest BCUT2D eigenvalue weighted by atomic mass is 79.9. The van der Waals surface area contributed by atoms with E-state index in [1.165, 1.54) is 4.90 Å². The predicted molar refractivity (Wildman–Crippen MR) is 87.1 cm³/mol. The molecule has 1 saturated heterocycles. The number of rotatable bonds is 5. The summed E-state index contributed by atoms with van der Waals surface area (Å²) >= 11 is 3.42. The molecule has 1 fully saturated rings. The zero-order valence-electron chi connectivity index (χ0n) is 12.6. The third-order valence-corrected chi connectivity index (χ3v) is 4.50. The highest BCUT2D eigenvalue weighted by Crippen LogP contribution is 2.26. The fraction of sp³-hybridized carbons (Fsp3) is 0.500. The summed E-state index contributed by atoms with van der Waals surface area (Å²) in [6, 6.07) is 5.41. The Morgan fingerprint density at radius 3 is 2.57 bits per heavy atom. The van der Waals surface area contributed by atoms with Crippen molar-refractivity contribution in [3.05, 3.63) is 28.2 Å². The van der Waals surface area contributed by atoms with E-state index in [-0.39, 0.29) is 24.3 Å². The van der Waals surface area contributed by atoms with Crippen LogP contribution in [-0.2, 0) is 9.59 Å². The van der Waals surface area contributed by atoms with Crippen molar-refractivity contribution >= 4 is 33.4 Å². The minimum atomic E-state index is -0.446. The van der Waals surface area contributed by atoms with Gasteiger partial charge in [0, 0.05) is 16.2 Å². The molecule has 114 valence electrons. The molecule has 0 aliphatic carbocycles. The van der Waals surface area contributed by atoms with Gasteiger partial charge in [-0.1, -0.05) is 29.8 Å². The highest BCUT2D eigenvalue weighted by Gasteiger charge is 2.41. The molecule has 1 atom stereocenters. The number of benzene rings is 1. The first kappa shape index (κ1) is 16.0. The zero-order valence-corrected chi connectivity index (χ0v) is 14.2. The predicted octanol–water partition coefficient (Wildman–Crippen LogP) is 3.49. The molecule has 1 N–H and O–H groups in total. The summed E-state index contributed by atoms with van der Waals surface area (Å²) < 4.78 is 0.998. The van der Waals surface area contributed by atoms with Crippen LogP contribution in [0, 0.1) is 6.92 Å². The van der Waals surface area contributed by atoms with Crippen molar-refractivity contribution < 1.29 is 9.59 Å². The van der Waals surface area contributed by atoms with Gasteiger partial charge < -0.3 is 5.32 Å².